The number of hydrogen-bond acceptors (Lipinski definition) is 6. The third-order valence-electron chi connectivity index (χ3n) is 4.22. The number of non-ortho nitro benzene ring substituents is 1. The van der Waals surface area contributed by atoms with E-state index >= 15 is 0 Å². The molecule has 3 aromatic rings. The molecule has 1 heterocycles. The minimum Gasteiger partial charge on any atom is -0.295 e. The molecule has 0 spiro atoms. The first kappa shape index (κ1) is 21.1. The van der Waals surface area contributed by atoms with E-state index in [0.717, 1.165) is 16.8 Å². The number of carbonyl (C=O) groups excluding carboxylic acids is 2. The maximum atomic E-state index is 12.1. The topological polar surface area (TPSA) is 119 Å². The maximum Gasteiger partial charge on any atom is 0.269 e. The lowest BCUT2D eigenvalue weighted by Gasteiger charge is -2.11. The molecule has 0 saturated heterocycles. The van der Waals surface area contributed by atoms with E-state index in [9.17, 15) is 19.7 Å². The molecule has 0 unspecified atom stereocenters. The van der Waals surface area contributed by atoms with Gasteiger partial charge in [0.2, 0.25) is 5.91 Å². The summed E-state index contributed by atoms with van der Waals surface area (Å²) in [6.07, 6.45) is 3.50. The van der Waals surface area contributed by atoms with Crippen molar-refractivity contribution in [2.75, 3.05) is 5.75 Å². The van der Waals surface area contributed by atoms with E-state index in [4.69, 9.17) is 0 Å². The van der Waals surface area contributed by atoms with Crippen LogP contribution in [0.2, 0.25) is 0 Å². The largest absolute Gasteiger partial charge is 0.295 e. The van der Waals surface area contributed by atoms with Crippen LogP contribution in [0, 0.1) is 24.0 Å². The summed E-state index contributed by atoms with van der Waals surface area (Å²) in [4.78, 5) is 38.6. The molecule has 10 heteroatoms. The molecule has 3 rings (SSSR count). The summed E-state index contributed by atoms with van der Waals surface area (Å²) in [5, 5.41) is 11.3. The Bertz CT molecular complexity index is 1090. The van der Waals surface area contributed by atoms with E-state index in [1.807, 2.05) is 42.8 Å². The van der Waals surface area contributed by atoms with Crippen LogP contribution in [0.25, 0.3) is 5.69 Å². The Kier molecular flexibility index (Phi) is 6.48. The number of nitrogens with zero attached hydrogens (tertiary/aromatic N) is 3. The molecule has 9 nitrogen and oxygen atoms in total. The number of rotatable bonds is 6. The quantitative estimate of drug-likeness (QED) is 0.356. The van der Waals surface area contributed by atoms with Gasteiger partial charge in [-0.15, -0.1) is 0 Å². The van der Waals surface area contributed by atoms with Crippen molar-refractivity contribution in [3.63, 3.8) is 0 Å². The van der Waals surface area contributed by atoms with Crippen molar-refractivity contribution < 1.29 is 14.5 Å². The number of aromatic nitrogens is 2. The second-order valence-electron chi connectivity index (χ2n) is 6.46. The molecule has 30 heavy (non-hydrogen) atoms. The fourth-order valence-corrected chi connectivity index (χ4v) is 3.42. The molecule has 0 fully saturated rings. The Labute approximate surface area is 176 Å². The molecule has 1 aromatic heterocycles. The highest BCUT2D eigenvalue weighted by Gasteiger charge is 2.13. The highest BCUT2D eigenvalue weighted by Crippen LogP contribution is 2.23. The van der Waals surface area contributed by atoms with Crippen LogP contribution < -0.4 is 10.9 Å². The lowest BCUT2D eigenvalue weighted by Crippen LogP contribution is -2.42. The zero-order valence-electron chi connectivity index (χ0n) is 16.3. The van der Waals surface area contributed by atoms with Gasteiger partial charge in [0.05, 0.1) is 16.4 Å². The van der Waals surface area contributed by atoms with Crippen LogP contribution in [-0.4, -0.2) is 32.0 Å². The van der Waals surface area contributed by atoms with Crippen LogP contribution in [0.15, 0.2) is 60.0 Å². The average molecular weight is 425 g/mol. The molecular formula is C20H19N5O4S. The minimum absolute atomic E-state index is 0.0441. The van der Waals surface area contributed by atoms with Crippen molar-refractivity contribution in [1.82, 2.24) is 20.4 Å². The first-order chi connectivity index (χ1) is 14.3. The van der Waals surface area contributed by atoms with Gasteiger partial charge in [-0.2, -0.15) is 0 Å². The number of thioether (sulfide) groups is 1. The Hall–Kier alpha value is -3.66. The Morgan fingerprint density at radius 2 is 1.87 bits per heavy atom. The van der Waals surface area contributed by atoms with Crippen molar-refractivity contribution in [3.05, 3.63) is 81.7 Å². The summed E-state index contributed by atoms with van der Waals surface area (Å²) in [6.45, 7) is 4.01. The van der Waals surface area contributed by atoms with Gasteiger partial charge in [0, 0.05) is 30.1 Å². The number of carbonyl (C=O) groups is 2. The Balaban J connectivity index is 1.55. The van der Waals surface area contributed by atoms with Crippen LogP contribution in [0.4, 0.5) is 5.69 Å². The van der Waals surface area contributed by atoms with Gasteiger partial charge in [0.25, 0.3) is 11.6 Å². The van der Waals surface area contributed by atoms with E-state index in [0.29, 0.717) is 5.16 Å². The molecule has 154 valence electrons. The van der Waals surface area contributed by atoms with E-state index in [2.05, 4.69) is 15.8 Å². The SMILES string of the molecule is Cc1ccc(C)c(-n2ccnc2SCC(=O)NNC(=O)c2ccc([N+](=O)[O-])cc2)c1. The monoisotopic (exact) mass is 425 g/mol. The van der Waals surface area contributed by atoms with Crippen molar-refractivity contribution in [2.24, 2.45) is 0 Å². The number of hydrogen-bond donors (Lipinski definition) is 2. The van der Waals surface area contributed by atoms with Crippen LogP contribution in [0.5, 0.6) is 0 Å². The van der Waals surface area contributed by atoms with E-state index in [1.165, 1.54) is 36.0 Å². The van der Waals surface area contributed by atoms with Gasteiger partial charge in [-0.25, -0.2) is 4.98 Å². The summed E-state index contributed by atoms with van der Waals surface area (Å²) in [5.74, 6) is -0.937. The van der Waals surface area contributed by atoms with Gasteiger partial charge in [-0.05, 0) is 43.2 Å². The number of nitro groups is 1. The van der Waals surface area contributed by atoms with Gasteiger partial charge in [0.1, 0.15) is 0 Å². The number of aryl methyl sites for hydroxylation is 2. The van der Waals surface area contributed by atoms with E-state index in [1.54, 1.807) is 6.20 Å². The third-order valence-corrected chi connectivity index (χ3v) is 5.19. The highest BCUT2D eigenvalue weighted by molar-refractivity contribution is 7.99. The molecule has 0 aliphatic heterocycles. The lowest BCUT2D eigenvalue weighted by molar-refractivity contribution is -0.384. The summed E-state index contributed by atoms with van der Waals surface area (Å²) < 4.78 is 1.91. The number of nitrogens with one attached hydrogen (secondary N) is 2. The highest BCUT2D eigenvalue weighted by atomic mass is 32.2. The summed E-state index contributed by atoms with van der Waals surface area (Å²) in [5.41, 5.74) is 7.89. The molecule has 0 aliphatic carbocycles. The second-order valence-corrected chi connectivity index (χ2v) is 7.41. The molecule has 0 radical (unpaired) electrons. The zero-order chi connectivity index (χ0) is 21.7. The fourth-order valence-electron chi connectivity index (χ4n) is 2.66. The van der Waals surface area contributed by atoms with Gasteiger partial charge in [-0.1, -0.05) is 23.9 Å². The first-order valence-corrected chi connectivity index (χ1v) is 9.91. The lowest BCUT2D eigenvalue weighted by atomic mass is 10.1. The molecule has 0 aliphatic rings. The van der Waals surface area contributed by atoms with Gasteiger partial charge in [0.15, 0.2) is 5.16 Å². The standard InChI is InChI=1S/C20H19N5O4S/c1-13-3-4-14(2)17(11-13)24-10-9-21-20(24)30-12-18(26)22-23-19(27)15-5-7-16(8-6-15)25(28)29/h3-11H,12H2,1-2H3,(H,22,26)(H,23,27). The van der Waals surface area contributed by atoms with Crippen LogP contribution in [-0.2, 0) is 4.79 Å². The molecule has 2 N–H and O–H groups in total. The van der Waals surface area contributed by atoms with Crippen molar-refractivity contribution in [2.45, 2.75) is 19.0 Å². The molecule has 0 saturated carbocycles. The van der Waals surface area contributed by atoms with Gasteiger partial charge >= 0.3 is 0 Å². The maximum absolute atomic E-state index is 12.1. The van der Waals surface area contributed by atoms with Crippen LogP contribution in [0.3, 0.4) is 0 Å². The molecule has 2 aromatic carbocycles. The van der Waals surface area contributed by atoms with Crippen molar-refractivity contribution in [1.29, 1.82) is 0 Å². The summed E-state index contributed by atoms with van der Waals surface area (Å²) >= 11 is 1.24. The second kappa shape index (κ2) is 9.23. The molecule has 0 bridgehead atoms. The third kappa shape index (κ3) is 5.03. The normalized spacial score (nSPS) is 10.5. The predicted molar refractivity (Wildman–Crippen MR) is 112 cm³/mol. The molecular weight excluding hydrogens is 406 g/mol. The molecule has 2 amide bonds. The minimum atomic E-state index is -0.569. The smallest absolute Gasteiger partial charge is 0.269 e. The number of hydrazine groups is 1. The molecule has 0 atom stereocenters. The van der Waals surface area contributed by atoms with Crippen LogP contribution in [0.1, 0.15) is 21.5 Å². The Morgan fingerprint density at radius 1 is 1.13 bits per heavy atom. The number of benzene rings is 2. The average Bonchev–Trinajstić information content (AvgIpc) is 3.20. The van der Waals surface area contributed by atoms with Crippen molar-refractivity contribution in [3.8, 4) is 5.69 Å². The van der Waals surface area contributed by atoms with Gasteiger partial charge in [-0.3, -0.25) is 35.1 Å². The number of imidazole rings is 1. The number of nitro benzene ring substituents is 1. The van der Waals surface area contributed by atoms with E-state index in [-0.39, 0.29) is 17.0 Å². The summed E-state index contributed by atoms with van der Waals surface area (Å²) in [7, 11) is 0. The summed E-state index contributed by atoms with van der Waals surface area (Å²) in [6, 6.07) is 11.2. The van der Waals surface area contributed by atoms with Crippen molar-refractivity contribution >= 4 is 29.3 Å². The van der Waals surface area contributed by atoms with Gasteiger partial charge < -0.3 is 0 Å². The zero-order valence-corrected chi connectivity index (χ0v) is 17.1. The first-order valence-electron chi connectivity index (χ1n) is 8.92. The van der Waals surface area contributed by atoms with E-state index < -0.39 is 16.7 Å². The number of amides is 2. The van der Waals surface area contributed by atoms with Crippen LogP contribution >= 0.6 is 11.8 Å². The Morgan fingerprint density at radius 3 is 2.57 bits per heavy atom. The predicted octanol–water partition coefficient (Wildman–Crippen LogP) is 2.95. The fraction of sp³-hybridized carbons (Fsp3) is 0.150.